The van der Waals surface area contributed by atoms with Gasteiger partial charge < -0.3 is 14.6 Å². The summed E-state index contributed by atoms with van der Waals surface area (Å²) in [6.45, 7) is 4.28. The number of hydrogen-bond donors (Lipinski definition) is 1. The van der Waals surface area contributed by atoms with Gasteiger partial charge in [-0.25, -0.2) is 4.39 Å². The summed E-state index contributed by atoms with van der Waals surface area (Å²) >= 11 is 0. The fourth-order valence-electron chi connectivity index (χ4n) is 7.63. The van der Waals surface area contributed by atoms with Crippen LogP contribution in [0.3, 0.4) is 0 Å². The maximum absolute atomic E-state index is 14.0. The van der Waals surface area contributed by atoms with E-state index in [1.807, 2.05) is 6.92 Å². The standard InChI is InChI=1S/C31H35F4NO4/c1-17(29(37)38)28(20-4-5-20)21-6-3-19-7-10-27(39-26(19)13-21)30-11-12-36(23(15-30)16-30)18(2)24-14-22(32)8-9-25(24)40-31(33,34)35/h3,6,8-9,13-14,17-18,20,23,27-28H,4-5,7,10-12,15-16H2,1-2H3,(H,37,38)/t17-,18+,23?,27?,28?,30?/m0/s1. The smallest absolute Gasteiger partial charge is 0.490 e. The largest absolute Gasteiger partial charge is 0.573 e. The summed E-state index contributed by atoms with van der Waals surface area (Å²) in [7, 11) is 0. The first-order valence-electron chi connectivity index (χ1n) is 14.3. The third-order valence-corrected chi connectivity index (χ3v) is 9.93. The van der Waals surface area contributed by atoms with E-state index in [0.717, 1.165) is 80.0 Å². The Balaban J connectivity index is 1.16. The quantitative estimate of drug-likeness (QED) is 0.344. The van der Waals surface area contributed by atoms with Gasteiger partial charge in [0.05, 0.1) is 5.92 Å². The molecule has 0 radical (unpaired) electrons. The van der Waals surface area contributed by atoms with Crippen LogP contribution in [0.5, 0.6) is 11.5 Å². The highest BCUT2D eigenvalue weighted by atomic mass is 19.4. The molecule has 9 heteroatoms. The number of nitrogens with zero attached hydrogens (tertiary/aromatic N) is 1. The number of aryl methyl sites for hydroxylation is 1. The molecule has 2 unspecified atom stereocenters. The van der Waals surface area contributed by atoms with Gasteiger partial charge in [-0.1, -0.05) is 19.1 Å². The highest BCUT2D eigenvalue weighted by Gasteiger charge is 2.57. The third kappa shape index (κ3) is 5.06. The lowest BCUT2D eigenvalue weighted by Crippen LogP contribution is -2.63. The molecule has 0 aromatic heterocycles. The Kier molecular flexibility index (Phi) is 6.79. The number of carboxylic acids is 1. The maximum Gasteiger partial charge on any atom is 0.573 e. The Bertz CT molecular complexity index is 1280. The van der Waals surface area contributed by atoms with Crippen LogP contribution in [0.15, 0.2) is 36.4 Å². The van der Waals surface area contributed by atoms with E-state index < -0.39 is 30.1 Å². The summed E-state index contributed by atoms with van der Waals surface area (Å²) in [6.07, 6.45) is 1.71. The van der Waals surface area contributed by atoms with Crippen molar-refractivity contribution in [3.63, 3.8) is 0 Å². The van der Waals surface area contributed by atoms with Crippen LogP contribution in [-0.2, 0) is 11.2 Å². The second-order valence-electron chi connectivity index (χ2n) is 12.3. The molecule has 2 aliphatic carbocycles. The number of carbonyl (C=O) groups is 1. The molecule has 4 fully saturated rings. The Morgan fingerprint density at radius 3 is 2.50 bits per heavy atom. The van der Waals surface area contributed by atoms with Crippen molar-refractivity contribution in [3.05, 3.63) is 58.9 Å². The van der Waals surface area contributed by atoms with E-state index in [-0.39, 0.29) is 34.8 Å². The minimum Gasteiger partial charge on any atom is -0.490 e. The Labute approximate surface area is 231 Å². The molecule has 40 heavy (non-hydrogen) atoms. The van der Waals surface area contributed by atoms with Gasteiger partial charge in [0.25, 0.3) is 0 Å². The van der Waals surface area contributed by atoms with Crippen molar-refractivity contribution in [2.24, 2.45) is 17.3 Å². The van der Waals surface area contributed by atoms with Crippen molar-refractivity contribution in [1.29, 1.82) is 0 Å². The summed E-state index contributed by atoms with van der Waals surface area (Å²) < 4.78 is 63.9. The van der Waals surface area contributed by atoms with Crippen molar-refractivity contribution >= 4 is 5.97 Å². The van der Waals surface area contributed by atoms with E-state index in [4.69, 9.17) is 4.74 Å². The van der Waals surface area contributed by atoms with Gasteiger partial charge in [-0.05, 0) is 106 Å². The van der Waals surface area contributed by atoms with Crippen LogP contribution in [0.2, 0.25) is 0 Å². The van der Waals surface area contributed by atoms with Gasteiger partial charge >= 0.3 is 12.3 Å². The molecule has 2 aromatic rings. The van der Waals surface area contributed by atoms with Gasteiger partial charge in [-0.2, -0.15) is 0 Å². The van der Waals surface area contributed by atoms with Crippen LogP contribution >= 0.6 is 0 Å². The molecule has 1 N–H and O–H groups in total. The van der Waals surface area contributed by atoms with Crippen LogP contribution < -0.4 is 9.47 Å². The predicted octanol–water partition coefficient (Wildman–Crippen LogP) is 7.25. The predicted molar refractivity (Wildman–Crippen MR) is 140 cm³/mol. The summed E-state index contributed by atoms with van der Waals surface area (Å²) in [4.78, 5) is 14.0. The molecular formula is C31H35F4NO4. The van der Waals surface area contributed by atoms with Crippen molar-refractivity contribution < 1.29 is 36.9 Å². The maximum atomic E-state index is 14.0. The van der Waals surface area contributed by atoms with E-state index in [1.165, 1.54) is 0 Å². The average molecular weight is 562 g/mol. The zero-order valence-electron chi connectivity index (χ0n) is 22.7. The van der Waals surface area contributed by atoms with Gasteiger partial charge in [0.2, 0.25) is 0 Å². The van der Waals surface area contributed by atoms with Gasteiger partial charge in [0.1, 0.15) is 23.4 Å². The van der Waals surface area contributed by atoms with Gasteiger partial charge in [-0.3, -0.25) is 9.69 Å². The number of rotatable bonds is 8. The fourth-order valence-corrected chi connectivity index (χ4v) is 7.63. The van der Waals surface area contributed by atoms with Crippen LogP contribution in [0.25, 0.3) is 0 Å². The number of benzene rings is 2. The molecule has 2 bridgehead atoms. The van der Waals surface area contributed by atoms with Crippen molar-refractivity contribution in [2.45, 2.75) is 89.3 Å². The molecule has 0 amide bonds. The van der Waals surface area contributed by atoms with Gasteiger partial charge in [0, 0.05) is 23.1 Å². The number of carboxylic acid groups (broad SMARTS) is 1. The molecule has 5 nitrogen and oxygen atoms in total. The van der Waals surface area contributed by atoms with E-state index >= 15 is 0 Å². The zero-order valence-corrected chi connectivity index (χ0v) is 22.7. The second kappa shape index (κ2) is 9.93. The van der Waals surface area contributed by atoms with Crippen LogP contribution in [-0.4, -0.2) is 41.0 Å². The number of aliphatic carboxylic acids is 1. The first-order chi connectivity index (χ1) is 18.9. The number of fused-ring (bicyclic) bond motifs is 3. The average Bonchev–Trinajstić information content (AvgIpc) is 3.72. The topological polar surface area (TPSA) is 59.0 Å². The molecule has 2 aromatic carbocycles. The minimum atomic E-state index is -4.85. The normalized spacial score (nSPS) is 28.4. The minimum absolute atomic E-state index is 0.00602. The molecule has 2 saturated carbocycles. The molecule has 0 spiro atoms. The van der Waals surface area contributed by atoms with Crippen LogP contribution in [0.4, 0.5) is 17.6 Å². The monoisotopic (exact) mass is 561 g/mol. The summed E-state index contributed by atoms with van der Waals surface area (Å²) in [6, 6.07) is 9.17. The first kappa shape index (κ1) is 27.4. The number of halogens is 4. The Morgan fingerprint density at radius 1 is 1.12 bits per heavy atom. The van der Waals surface area contributed by atoms with Crippen LogP contribution in [0.1, 0.15) is 81.0 Å². The number of hydrogen-bond acceptors (Lipinski definition) is 4. The zero-order chi connectivity index (χ0) is 28.4. The van der Waals surface area contributed by atoms with Gasteiger partial charge in [-0.15, -0.1) is 13.2 Å². The molecule has 3 aliphatic heterocycles. The molecule has 3 heterocycles. The highest BCUT2D eigenvalue weighted by Crippen LogP contribution is 2.58. The van der Waals surface area contributed by atoms with Crippen molar-refractivity contribution in [2.75, 3.05) is 6.54 Å². The highest BCUT2D eigenvalue weighted by molar-refractivity contribution is 5.71. The summed E-state index contributed by atoms with van der Waals surface area (Å²) in [5.41, 5.74) is 2.40. The van der Waals surface area contributed by atoms with Crippen LogP contribution in [0, 0.1) is 23.1 Å². The molecule has 2 saturated heterocycles. The number of ether oxygens (including phenoxy) is 2. The van der Waals surface area contributed by atoms with Gasteiger partial charge in [0.15, 0.2) is 0 Å². The number of alkyl halides is 3. The lowest BCUT2D eigenvalue weighted by Gasteiger charge is -2.62. The Hall–Kier alpha value is -2.81. The summed E-state index contributed by atoms with van der Waals surface area (Å²) in [5.74, 6) is -0.933. The summed E-state index contributed by atoms with van der Waals surface area (Å²) in [5, 5.41) is 9.68. The Morgan fingerprint density at radius 2 is 1.88 bits per heavy atom. The second-order valence-corrected chi connectivity index (χ2v) is 12.3. The lowest BCUT2D eigenvalue weighted by molar-refractivity contribution is -0.275. The SMILES string of the molecule is C[C@H](C(=O)O)C(c1ccc2c(c1)OC(C13CCN([C@H](C)c4cc(F)ccc4OC(F)(F)F)C(C1)C3)CC2)C1CC1. The van der Waals surface area contributed by atoms with E-state index in [0.29, 0.717) is 12.5 Å². The fraction of sp³-hybridized carbons (Fsp3) is 0.581. The molecule has 216 valence electrons. The van der Waals surface area contributed by atoms with Crippen molar-refractivity contribution in [3.8, 4) is 11.5 Å². The van der Waals surface area contributed by atoms with E-state index in [9.17, 15) is 27.5 Å². The van der Waals surface area contributed by atoms with E-state index in [2.05, 4.69) is 27.8 Å². The molecule has 5 aliphatic rings. The molecule has 4 atom stereocenters. The lowest BCUT2D eigenvalue weighted by atomic mass is 9.56. The van der Waals surface area contributed by atoms with E-state index in [1.54, 1.807) is 6.92 Å². The first-order valence-corrected chi connectivity index (χ1v) is 14.3. The van der Waals surface area contributed by atoms with Crippen molar-refractivity contribution in [1.82, 2.24) is 4.90 Å². The molecular weight excluding hydrogens is 526 g/mol. The molecule has 7 rings (SSSR count). The third-order valence-electron chi connectivity index (χ3n) is 9.93. The number of piperidine rings is 2.